The van der Waals surface area contributed by atoms with E-state index < -0.39 is 0 Å². The van der Waals surface area contributed by atoms with Gasteiger partial charge in [-0.25, -0.2) is 4.98 Å². The molecule has 0 radical (unpaired) electrons. The van der Waals surface area contributed by atoms with Gasteiger partial charge in [0.1, 0.15) is 5.82 Å². The van der Waals surface area contributed by atoms with Crippen molar-refractivity contribution in [3.8, 4) is 11.1 Å². The number of fused-ring (bicyclic) bond motifs is 1. The van der Waals surface area contributed by atoms with E-state index in [-0.39, 0.29) is 0 Å². The lowest BCUT2D eigenvalue weighted by Crippen LogP contribution is -2.08. The van der Waals surface area contributed by atoms with E-state index >= 15 is 0 Å². The van der Waals surface area contributed by atoms with Gasteiger partial charge < -0.3 is 10.5 Å². The number of anilines is 1. The van der Waals surface area contributed by atoms with Crippen LogP contribution in [0.4, 0.5) is 5.82 Å². The Morgan fingerprint density at radius 1 is 1.00 bits per heavy atom. The molecule has 0 unspecified atom stereocenters. The molecule has 6 nitrogen and oxygen atoms in total. The summed E-state index contributed by atoms with van der Waals surface area (Å²) in [6, 6.07) is 20.1. The zero-order valence-electron chi connectivity index (χ0n) is 14.9. The van der Waals surface area contributed by atoms with E-state index in [1.54, 1.807) is 23.4 Å². The number of rotatable bonds is 6. The molecule has 0 spiro atoms. The van der Waals surface area contributed by atoms with Crippen molar-refractivity contribution in [2.75, 3.05) is 12.8 Å². The van der Waals surface area contributed by atoms with Crippen LogP contribution in [0, 0.1) is 0 Å². The fraction of sp³-hybridized carbons (Fsp3) is 0.150. The summed E-state index contributed by atoms with van der Waals surface area (Å²) >= 11 is 1.56. The maximum Gasteiger partial charge on any atom is 0.255 e. The van der Waals surface area contributed by atoms with Crippen LogP contribution in [0.2, 0.25) is 0 Å². The third kappa shape index (κ3) is 3.65. The third-order valence-electron chi connectivity index (χ3n) is 4.13. The lowest BCUT2D eigenvalue weighted by atomic mass is 10.0. The molecule has 7 heteroatoms. The second-order valence-corrected chi connectivity index (χ2v) is 6.94. The molecule has 0 aliphatic rings. The van der Waals surface area contributed by atoms with Crippen LogP contribution in [-0.2, 0) is 17.1 Å². The van der Waals surface area contributed by atoms with E-state index in [1.165, 1.54) is 5.56 Å². The highest BCUT2D eigenvalue weighted by Gasteiger charge is 2.18. The number of hydrogen-bond donors (Lipinski definition) is 1. The van der Waals surface area contributed by atoms with E-state index in [9.17, 15) is 0 Å². The Labute approximate surface area is 161 Å². The molecule has 0 fully saturated rings. The van der Waals surface area contributed by atoms with Crippen molar-refractivity contribution < 1.29 is 4.74 Å². The van der Waals surface area contributed by atoms with Gasteiger partial charge >= 0.3 is 0 Å². The molecule has 2 aromatic heterocycles. The van der Waals surface area contributed by atoms with E-state index in [2.05, 4.69) is 27.2 Å². The highest BCUT2D eigenvalue weighted by atomic mass is 32.2. The second-order valence-electron chi connectivity index (χ2n) is 6.00. The summed E-state index contributed by atoms with van der Waals surface area (Å²) < 4.78 is 6.93. The molecule has 0 atom stereocenters. The summed E-state index contributed by atoms with van der Waals surface area (Å²) in [5, 5.41) is 5.20. The van der Waals surface area contributed by atoms with Crippen LogP contribution in [0.1, 0.15) is 11.3 Å². The largest absolute Gasteiger partial charge is 0.383 e. The van der Waals surface area contributed by atoms with Gasteiger partial charge in [0, 0.05) is 18.4 Å². The molecule has 136 valence electrons. The number of aromatic nitrogens is 4. The number of ether oxygens (including phenoxy) is 1. The summed E-state index contributed by atoms with van der Waals surface area (Å²) in [5.74, 6) is 1.78. The normalized spacial score (nSPS) is 11.1. The van der Waals surface area contributed by atoms with Crippen LogP contribution >= 0.6 is 11.8 Å². The molecule has 0 saturated carbocycles. The maximum absolute atomic E-state index is 6.46. The lowest BCUT2D eigenvalue weighted by Gasteiger charge is -2.12. The molecule has 0 saturated heterocycles. The average molecular weight is 377 g/mol. The Bertz CT molecular complexity index is 1050. The summed E-state index contributed by atoms with van der Waals surface area (Å²) in [4.78, 5) is 9.18. The second kappa shape index (κ2) is 7.77. The first-order valence-corrected chi connectivity index (χ1v) is 9.51. The average Bonchev–Trinajstić information content (AvgIpc) is 3.12. The van der Waals surface area contributed by atoms with Crippen LogP contribution < -0.4 is 5.73 Å². The van der Waals surface area contributed by atoms with Crippen molar-refractivity contribution in [1.82, 2.24) is 19.6 Å². The summed E-state index contributed by atoms with van der Waals surface area (Å²) in [6.45, 7) is 0.351. The van der Waals surface area contributed by atoms with E-state index in [1.807, 2.05) is 48.5 Å². The summed E-state index contributed by atoms with van der Waals surface area (Å²) in [7, 11) is 1.64. The predicted octanol–water partition coefficient (Wildman–Crippen LogP) is 3.81. The van der Waals surface area contributed by atoms with Crippen molar-refractivity contribution in [3.05, 3.63) is 71.9 Å². The van der Waals surface area contributed by atoms with Crippen molar-refractivity contribution >= 4 is 23.4 Å². The van der Waals surface area contributed by atoms with Gasteiger partial charge in [-0.3, -0.25) is 0 Å². The topological polar surface area (TPSA) is 78.3 Å². The minimum atomic E-state index is 0.351. The van der Waals surface area contributed by atoms with Crippen LogP contribution in [0.25, 0.3) is 16.9 Å². The standard InChI is InChI=1S/C20H19N5OS/c1-26-12-16-17(15-10-6-3-7-11-15)18(21)25-19(22-16)23-20(24-25)27-13-14-8-4-2-5-9-14/h2-11H,12-13,21H2,1H3. The van der Waals surface area contributed by atoms with E-state index in [0.717, 1.165) is 22.6 Å². The number of benzene rings is 2. The molecule has 2 aromatic carbocycles. The Hall–Kier alpha value is -2.90. The van der Waals surface area contributed by atoms with Crippen molar-refractivity contribution in [3.63, 3.8) is 0 Å². The van der Waals surface area contributed by atoms with Crippen LogP contribution in [0.15, 0.2) is 65.8 Å². The summed E-state index contributed by atoms with van der Waals surface area (Å²) in [5.41, 5.74) is 10.2. The minimum absolute atomic E-state index is 0.351. The molecule has 0 amide bonds. The molecular weight excluding hydrogens is 358 g/mol. The third-order valence-corrected chi connectivity index (χ3v) is 5.04. The van der Waals surface area contributed by atoms with Crippen LogP contribution in [0.3, 0.4) is 0 Å². The Kier molecular flexibility index (Phi) is 5.04. The number of thioether (sulfide) groups is 1. The molecule has 0 aliphatic heterocycles. The molecule has 2 heterocycles. The fourth-order valence-electron chi connectivity index (χ4n) is 2.89. The first-order chi connectivity index (χ1) is 13.3. The van der Waals surface area contributed by atoms with Gasteiger partial charge in [-0.2, -0.15) is 9.50 Å². The van der Waals surface area contributed by atoms with Gasteiger partial charge in [0.05, 0.1) is 12.3 Å². The van der Waals surface area contributed by atoms with Gasteiger partial charge in [0.15, 0.2) is 0 Å². The minimum Gasteiger partial charge on any atom is -0.383 e. The number of nitrogen functional groups attached to an aromatic ring is 1. The van der Waals surface area contributed by atoms with Crippen LogP contribution in [0.5, 0.6) is 0 Å². The fourth-order valence-corrected chi connectivity index (χ4v) is 3.67. The first-order valence-electron chi connectivity index (χ1n) is 8.52. The highest BCUT2D eigenvalue weighted by Crippen LogP contribution is 2.30. The van der Waals surface area contributed by atoms with Gasteiger partial charge in [0.25, 0.3) is 5.78 Å². The SMILES string of the molecule is COCc1nc2nc(SCc3ccccc3)nn2c(N)c1-c1ccccc1. The first kappa shape index (κ1) is 17.5. The smallest absolute Gasteiger partial charge is 0.255 e. The zero-order chi connectivity index (χ0) is 18.6. The Morgan fingerprint density at radius 3 is 2.41 bits per heavy atom. The molecule has 27 heavy (non-hydrogen) atoms. The Morgan fingerprint density at radius 2 is 1.70 bits per heavy atom. The molecule has 4 rings (SSSR count). The number of hydrogen-bond acceptors (Lipinski definition) is 6. The summed E-state index contributed by atoms with van der Waals surface area (Å²) in [6.07, 6.45) is 0. The van der Waals surface area contributed by atoms with E-state index in [0.29, 0.717) is 23.4 Å². The lowest BCUT2D eigenvalue weighted by molar-refractivity contribution is 0.182. The number of nitrogens with two attached hydrogens (primary N) is 1. The number of nitrogens with zero attached hydrogens (tertiary/aromatic N) is 4. The predicted molar refractivity (Wildman–Crippen MR) is 107 cm³/mol. The zero-order valence-corrected chi connectivity index (χ0v) is 15.7. The molecule has 0 bridgehead atoms. The quantitative estimate of drug-likeness (QED) is 0.515. The van der Waals surface area contributed by atoms with E-state index in [4.69, 9.17) is 10.5 Å². The molecule has 0 aliphatic carbocycles. The molecule has 4 aromatic rings. The van der Waals surface area contributed by atoms with Crippen molar-refractivity contribution in [2.24, 2.45) is 0 Å². The van der Waals surface area contributed by atoms with Gasteiger partial charge in [-0.05, 0) is 11.1 Å². The molecular formula is C20H19N5OS. The monoisotopic (exact) mass is 377 g/mol. The highest BCUT2D eigenvalue weighted by molar-refractivity contribution is 7.98. The van der Waals surface area contributed by atoms with Crippen molar-refractivity contribution in [2.45, 2.75) is 17.5 Å². The van der Waals surface area contributed by atoms with Crippen LogP contribution in [-0.4, -0.2) is 26.7 Å². The van der Waals surface area contributed by atoms with Gasteiger partial charge in [0.2, 0.25) is 5.16 Å². The van der Waals surface area contributed by atoms with Gasteiger partial charge in [-0.1, -0.05) is 72.4 Å². The van der Waals surface area contributed by atoms with Gasteiger partial charge in [-0.15, -0.1) is 5.10 Å². The Balaban J connectivity index is 1.73. The maximum atomic E-state index is 6.46. The number of methoxy groups -OCH3 is 1. The van der Waals surface area contributed by atoms with Crippen molar-refractivity contribution in [1.29, 1.82) is 0 Å². The molecule has 2 N–H and O–H groups in total.